The molecule has 0 spiro atoms. The molecule has 1 aliphatic heterocycles. The zero-order chi connectivity index (χ0) is 20.6. The van der Waals surface area contributed by atoms with E-state index in [1.54, 1.807) is 0 Å². The quantitative estimate of drug-likeness (QED) is 0.559. The van der Waals surface area contributed by atoms with Crippen molar-refractivity contribution < 1.29 is 4.74 Å². The third-order valence-electron chi connectivity index (χ3n) is 6.01. The maximum atomic E-state index is 6.37. The lowest BCUT2D eigenvalue weighted by molar-refractivity contribution is 0.144. The summed E-state index contributed by atoms with van der Waals surface area (Å²) in [6, 6.07) is 16.8. The van der Waals surface area contributed by atoms with Gasteiger partial charge in [-0.15, -0.1) is 0 Å². The van der Waals surface area contributed by atoms with E-state index in [-0.39, 0.29) is 11.6 Å². The van der Waals surface area contributed by atoms with E-state index in [1.807, 2.05) is 6.07 Å². The van der Waals surface area contributed by atoms with Gasteiger partial charge in [-0.05, 0) is 86.9 Å². The molecule has 2 aromatic carbocycles. The standard InChI is InChI=1S/C25H29N3O/c1-16-22(17-9-5-4-6-10-17)20-15-19(13-14-21(20)29-25(16,2)3)23(28-24(26)27)18-11-7-8-12-18/h4-6,9-10,13-15H,7-8,11-12H2,1-3H3,(H4,26,27,28). The molecule has 0 radical (unpaired) electrons. The third kappa shape index (κ3) is 3.67. The fourth-order valence-corrected chi connectivity index (χ4v) is 4.31. The van der Waals surface area contributed by atoms with Crippen LogP contribution in [0, 0.1) is 0 Å². The summed E-state index contributed by atoms with van der Waals surface area (Å²) in [7, 11) is 0. The topological polar surface area (TPSA) is 73.6 Å². The number of nitrogens with zero attached hydrogens (tertiary/aromatic N) is 1. The first-order chi connectivity index (χ1) is 13.9. The van der Waals surface area contributed by atoms with Crippen molar-refractivity contribution in [1.29, 1.82) is 0 Å². The van der Waals surface area contributed by atoms with Gasteiger partial charge in [0.05, 0.1) is 5.70 Å². The summed E-state index contributed by atoms with van der Waals surface area (Å²) in [5.74, 6) is 0.994. The molecule has 4 rings (SSSR count). The fraction of sp³-hybridized carbons (Fsp3) is 0.320. The van der Waals surface area contributed by atoms with Crippen molar-refractivity contribution in [3.05, 3.63) is 76.4 Å². The highest BCUT2D eigenvalue weighted by Crippen LogP contribution is 2.45. The fourth-order valence-electron chi connectivity index (χ4n) is 4.31. The molecule has 1 fully saturated rings. The highest BCUT2D eigenvalue weighted by atomic mass is 16.5. The molecule has 0 unspecified atom stereocenters. The van der Waals surface area contributed by atoms with Crippen LogP contribution >= 0.6 is 0 Å². The number of ether oxygens (including phenoxy) is 1. The molecule has 150 valence electrons. The number of allylic oxidation sites excluding steroid dienone is 1. The molecule has 4 heteroatoms. The van der Waals surface area contributed by atoms with Gasteiger partial charge in [0.1, 0.15) is 11.4 Å². The smallest absolute Gasteiger partial charge is 0.191 e. The minimum Gasteiger partial charge on any atom is -0.483 e. The second-order valence-electron chi connectivity index (χ2n) is 8.39. The van der Waals surface area contributed by atoms with E-state index in [4.69, 9.17) is 16.2 Å². The first-order valence-electron chi connectivity index (χ1n) is 10.3. The molecule has 4 N–H and O–H groups in total. The number of guanidine groups is 1. The zero-order valence-corrected chi connectivity index (χ0v) is 17.5. The van der Waals surface area contributed by atoms with Gasteiger partial charge in [0, 0.05) is 11.1 Å². The van der Waals surface area contributed by atoms with Gasteiger partial charge < -0.3 is 16.2 Å². The molecule has 1 heterocycles. The normalized spacial score (nSPS) is 17.6. The summed E-state index contributed by atoms with van der Waals surface area (Å²) in [5, 5.41) is 0. The molecule has 2 aromatic rings. The number of aliphatic imine (C=N–C) groups is 1. The lowest BCUT2D eigenvalue weighted by Crippen LogP contribution is -2.33. The van der Waals surface area contributed by atoms with Crippen LogP contribution in [-0.4, -0.2) is 11.6 Å². The molecular formula is C25H29N3O. The summed E-state index contributed by atoms with van der Waals surface area (Å²) in [6.07, 6.45) is 4.48. The molecule has 0 saturated heterocycles. The van der Waals surface area contributed by atoms with E-state index in [2.05, 4.69) is 68.2 Å². The Morgan fingerprint density at radius 3 is 2.34 bits per heavy atom. The van der Waals surface area contributed by atoms with Gasteiger partial charge in [0.2, 0.25) is 0 Å². The first kappa shape index (κ1) is 19.3. The Morgan fingerprint density at radius 2 is 1.69 bits per heavy atom. The number of hydrogen-bond acceptors (Lipinski definition) is 2. The average Bonchev–Trinajstić information content (AvgIpc) is 3.22. The van der Waals surface area contributed by atoms with Gasteiger partial charge in [0.25, 0.3) is 0 Å². The lowest BCUT2D eigenvalue weighted by atomic mass is 9.83. The van der Waals surface area contributed by atoms with Crippen molar-refractivity contribution in [2.75, 3.05) is 0 Å². The van der Waals surface area contributed by atoms with E-state index in [9.17, 15) is 0 Å². The number of benzene rings is 2. The van der Waals surface area contributed by atoms with Crippen molar-refractivity contribution in [2.45, 2.75) is 52.1 Å². The van der Waals surface area contributed by atoms with Crippen LogP contribution < -0.4 is 16.2 Å². The molecular weight excluding hydrogens is 358 g/mol. The molecule has 1 saturated carbocycles. The molecule has 1 aliphatic carbocycles. The Balaban J connectivity index is 1.92. The largest absolute Gasteiger partial charge is 0.483 e. The summed E-state index contributed by atoms with van der Waals surface area (Å²) in [6.45, 7) is 6.39. The van der Waals surface area contributed by atoms with Gasteiger partial charge >= 0.3 is 0 Å². The summed E-state index contributed by atoms with van der Waals surface area (Å²) in [4.78, 5) is 4.52. The van der Waals surface area contributed by atoms with Crippen LogP contribution in [0.1, 0.15) is 63.1 Å². The molecule has 2 aliphatic rings. The van der Waals surface area contributed by atoms with E-state index in [1.165, 1.54) is 35.1 Å². The van der Waals surface area contributed by atoms with Gasteiger partial charge in [0.15, 0.2) is 5.96 Å². The first-order valence-corrected chi connectivity index (χ1v) is 10.3. The highest BCUT2D eigenvalue weighted by Gasteiger charge is 2.33. The molecule has 0 amide bonds. The summed E-state index contributed by atoms with van der Waals surface area (Å²) >= 11 is 0. The highest BCUT2D eigenvalue weighted by molar-refractivity contribution is 5.90. The molecule has 0 aromatic heterocycles. The zero-order valence-electron chi connectivity index (χ0n) is 17.5. The van der Waals surface area contributed by atoms with Gasteiger partial charge in [-0.25, -0.2) is 4.99 Å². The maximum Gasteiger partial charge on any atom is 0.191 e. The SMILES string of the molecule is CC1=C(c2ccccc2)c2cc(C(N=C(N)N)=C3CCCC3)ccc2OC1(C)C. The predicted molar refractivity (Wildman–Crippen MR) is 120 cm³/mol. The van der Waals surface area contributed by atoms with Gasteiger partial charge in [-0.1, -0.05) is 30.3 Å². The summed E-state index contributed by atoms with van der Waals surface area (Å²) in [5.41, 5.74) is 19.2. The third-order valence-corrected chi connectivity index (χ3v) is 6.01. The Morgan fingerprint density at radius 1 is 1.00 bits per heavy atom. The van der Waals surface area contributed by atoms with Crippen molar-refractivity contribution in [2.24, 2.45) is 16.5 Å². The second-order valence-corrected chi connectivity index (χ2v) is 8.39. The van der Waals surface area contributed by atoms with Gasteiger partial charge in [-0.3, -0.25) is 0 Å². The minimum atomic E-state index is -0.369. The van der Waals surface area contributed by atoms with Gasteiger partial charge in [-0.2, -0.15) is 0 Å². The molecule has 4 nitrogen and oxygen atoms in total. The molecule has 29 heavy (non-hydrogen) atoms. The summed E-state index contributed by atoms with van der Waals surface area (Å²) < 4.78 is 6.37. The van der Waals surface area contributed by atoms with Crippen LogP contribution in [0.25, 0.3) is 11.3 Å². The van der Waals surface area contributed by atoms with Crippen LogP contribution in [0.4, 0.5) is 0 Å². The molecule has 0 atom stereocenters. The Bertz CT molecular complexity index is 1020. The van der Waals surface area contributed by atoms with E-state index in [0.29, 0.717) is 0 Å². The van der Waals surface area contributed by atoms with E-state index < -0.39 is 0 Å². The van der Waals surface area contributed by atoms with Crippen molar-refractivity contribution in [3.63, 3.8) is 0 Å². The van der Waals surface area contributed by atoms with Crippen molar-refractivity contribution in [1.82, 2.24) is 0 Å². The van der Waals surface area contributed by atoms with Crippen LogP contribution in [0.5, 0.6) is 5.75 Å². The Kier molecular flexibility index (Phi) is 4.95. The second kappa shape index (κ2) is 7.43. The number of fused-ring (bicyclic) bond motifs is 1. The van der Waals surface area contributed by atoms with Crippen molar-refractivity contribution >= 4 is 17.2 Å². The average molecular weight is 388 g/mol. The van der Waals surface area contributed by atoms with Crippen LogP contribution in [0.2, 0.25) is 0 Å². The van der Waals surface area contributed by atoms with E-state index in [0.717, 1.165) is 35.4 Å². The Labute approximate surface area is 173 Å². The van der Waals surface area contributed by atoms with Crippen LogP contribution in [0.3, 0.4) is 0 Å². The van der Waals surface area contributed by atoms with Crippen LogP contribution in [-0.2, 0) is 0 Å². The predicted octanol–water partition coefficient (Wildman–Crippen LogP) is 5.24. The number of nitrogens with two attached hydrogens (primary N) is 2. The van der Waals surface area contributed by atoms with E-state index >= 15 is 0 Å². The van der Waals surface area contributed by atoms with Crippen LogP contribution in [0.15, 0.2) is 64.7 Å². The number of hydrogen-bond donors (Lipinski definition) is 2. The van der Waals surface area contributed by atoms with Crippen molar-refractivity contribution in [3.8, 4) is 5.75 Å². The Hall–Kier alpha value is -3.01. The minimum absolute atomic E-state index is 0.101. The number of rotatable bonds is 3. The monoisotopic (exact) mass is 387 g/mol. The maximum absolute atomic E-state index is 6.37. The molecule has 0 bridgehead atoms. The lowest BCUT2D eigenvalue weighted by Gasteiger charge is -2.36.